The van der Waals surface area contributed by atoms with E-state index in [0.717, 1.165) is 19.3 Å². The summed E-state index contributed by atoms with van der Waals surface area (Å²) in [5.74, 6) is -0.843. The molecule has 186 valence electrons. The summed E-state index contributed by atoms with van der Waals surface area (Å²) in [4.78, 5) is 38.1. The first-order valence-corrected chi connectivity index (χ1v) is 12.5. The van der Waals surface area contributed by atoms with Gasteiger partial charge in [0.05, 0.1) is 0 Å². The molecule has 0 radical (unpaired) electrons. The molecule has 1 aliphatic heterocycles. The number of amides is 2. The maximum atomic E-state index is 12.9. The van der Waals surface area contributed by atoms with Crippen LogP contribution in [0.15, 0.2) is 48.5 Å². The zero-order valence-electron chi connectivity index (χ0n) is 20.2. The standard InChI is InChI=1S/C28H34N2O5/c1-19(16-26(31)30-15-7-6-8-20(30)13-14-27(32)33)17-29-28(34)35-18-25-23-11-4-2-9-21(23)22-10-3-5-12-24(22)25/h2-5,9-12,19-20,25H,6-8,13-18H2,1H3,(H,29,34)(H,32,33). The number of carboxylic acid groups (broad SMARTS) is 1. The number of nitrogens with one attached hydrogen (secondary N) is 1. The fourth-order valence-corrected chi connectivity index (χ4v) is 5.31. The van der Waals surface area contributed by atoms with Crippen LogP contribution in [0.1, 0.15) is 62.5 Å². The van der Waals surface area contributed by atoms with E-state index >= 15 is 0 Å². The number of aliphatic carboxylic acids is 1. The van der Waals surface area contributed by atoms with Crippen molar-refractivity contribution >= 4 is 18.0 Å². The van der Waals surface area contributed by atoms with Gasteiger partial charge in [-0.15, -0.1) is 0 Å². The van der Waals surface area contributed by atoms with Gasteiger partial charge in [-0.2, -0.15) is 0 Å². The quantitative estimate of drug-likeness (QED) is 0.540. The third kappa shape index (κ3) is 6.02. The summed E-state index contributed by atoms with van der Waals surface area (Å²) in [6, 6.07) is 16.4. The Balaban J connectivity index is 1.25. The van der Waals surface area contributed by atoms with E-state index in [2.05, 4.69) is 29.6 Å². The lowest BCUT2D eigenvalue weighted by atomic mass is 9.96. The highest BCUT2D eigenvalue weighted by atomic mass is 16.5. The average Bonchev–Trinajstić information content (AvgIpc) is 3.18. The predicted molar refractivity (Wildman–Crippen MR) is 133 cm³/mol. The first kappa shape index (κ1) is 24.8. The molecular formula is C28H34N2O5. The van der Waals surface area contributed by atoms with Crippen molar-refractivity contribution in [1.29, 1.82) is 0 Å². The van der Waals surface area contributed by atoms with Gasteiger partial charge in [-0.05, 0) is 53.9 Å². The van der Waals surface area contributed by atoms with Crippen LogP contribution in [-0.4, -0.2) is 53.7 Å². The van der Waals surface area contributed by atoms with Gasteiger partial charge in [-0.25, -0.2) is 4.79 Å². The van der Waals surface area contributed by atoms with Gasteiger partial charge >= 0.3 is 12.1 Å². The number of fused-ring (bicyclic) bond motifs is 3. The Morgan fingerprint density at radius 2 is 1.71 bits per heavy atom. The molecule has 1 saturated heterocycles. The maximum absolute atomic E-state index is 12.9. The van der Waals surface area contributed by atoms with E-state index in [1.807, 2.05) is 36.1 Å². The number of hydrogen-bond donors (Lipinski definition) is 2. The fourth-order valence-electron chi connectivity index (χ4n) is 5.31. The van der Waals surface area contributed by atoms with Crippen LogP contribution in [0.25, 0.3) is 11.1 Å². The molecule has 7 nitrogen and oxygen atoms in total. The van der Waals surface area contributed by atoms with Gasteiger partial charge in [-0.1, -0.05) is 55.5 Å². The smallest absolute Gasteiger partial charge is 0.407 e. The van der Waals surface area contributed by atoms with Crippen LogP contribution in [0.4, 0.5) is 4.79 Å². The molecule has 1 heterocycles. The number of piperidine rings is 1. The topological polar surface area (TPSA) is 95.9 Å². The largest absolute Gasteiger partial charge is 0.481 e. The Bertz CT molecular complexity index is 1020. The van der Waals surface area contributed by atoms with E-state index in [-0.39, 0.29) is 36.8 Å². The van der Waals surface area contributed by atoms with Crippen LogP contribution in [0.3, 0.4) is 0 Å². The van der Waals surface area contributed by atoms with Crippen molar-refractivity contribution < 1.29 is 24.2 Å². The zero-order chi connectivity index (χ0) is 24.8. The second kappa shape index (κ2) is 11.4. The molecule has 7 heteroatoms. The Labute approximate surface area is 206 Å². The molecule has 1 aliphatic carbocycles. The number of alkyl carbamates (subject to hydrolysis) is 1. The number of hydrogen-bond acceptors (Lipinski definition) is 4. The molecule has 0 aromatic heterocycles. The third-order valence-electron chi connectivity index (χ3n) is 7.10. The summed E-state index contributed by atoms with van der Waals surface area (Å²) in [5, 5.41) is 11.8. The van der Waals surface area contributed by atoms with Crippen molar-refractivity contribution in [1.82, 2.24) is 10.2 Å². The molecule has 0 saturated carbocycles. The second-order valence-corrected chi connectivity index (χ2v) is 9.68. The van der Waals surface area contributed by atoms with Crippen molar-refractivity contribution in [2.24, 2.45) is 5.92 Å². The van der Waals surface area contributed by atoms with Crippen LogP contribution < -0.4 is 5.32 Å². The number of nitrogens with zero attached hydrogens (tertiary/aromatic N) is 1. The molecule has 4 rings (SSSR count). The van der Waals surface area contributed by atoms with E-state index in [4.69, 9.17) is 9.84 Å². The van der Waals surface area contributed by atoms with E-state index in [9.17, 15) is 14.4 Å². The molecule has 2 unspecified atom stereocenters. The lowest BCUT2D eigenvalue weighted by Gasteiger charge is -2.36. The van der Waals surface area contributed by atoms with Crippen LogP contribution in [0, 0.1) is 5.92 Å². The van der Waals surface area contributed by atoms with Gasteiger partial charge in [0.15, 0.2) is 0 Å². The molecule has 2 atom stereocenters. The monoisotopic (exact) mass is 478 g/mol. The zero-order valence-corrected chi connectivity index (χ0v) is 20.2. The summed E-state index contributed by atoms with van der Waals surface area (Å²) in [6.07, 6.45) is 3.22. The average molecular weight is 479 g/mol. The van der Waals surface area contributed by atoms with Gasteiger partial charge in [0, 0.05) is 37.9 Å². The number of carbonyl (C=O) groups excluding carboxylic acids is 2. The normalized spacial score (nSPS) is 17.9. The van der Waals surface area contributed by atoms with Gasteiger partial charge < -0.3 is 20.1 Å². The SMILES string of the molecule is CC(CNC(=O)OCC1c2ccccc2-c2ccccc21)CC(=O)N1CCCCC1CCC(=O)O. The van der Waals surface area contributed by atoms with Gasteiger partial charge in [0.25, 0.3) is 0 Å². The summed E-state index contributed by atoms with van der Waals surface area (Å²) in [5.41, 5.74) is 4.70. The molecule has 2 aliphatic rings. The Morgan fingerprint density at radius 3 is 2.37 bits per heavy atom. The molecule has 0 spiro atoms. The highest BCUT2D eigenvalue weighted by Crippen LogP contribution is 2.44. The van der Waals surface area contributed by atoms with Crippen LogP contribution >= 0.6 is 0 Å². The summed E-state index contributed by atoms with van der Waals surface area (Å²) >= 11 is 0. The molecule has 2 N–H and O–H groups in total. The minimum absolute atomic E-state index is 0.00496. The maximum Gasteiger partial charge on any atom is 0.407 e. The van der Waals surface area contributed by atoms with E-state index < -0.39 is 12.1 Å². The van der Waals surface area contributed by atoms with Crippen molar-refractivity contribution in [2.75, 3.05) is 19.7 Å². The van der Waals surface area contributed by atoms with Crippen molar-refractivity contribution in [2.45, 2.75) is 57.4 Å². The van der Waals surface area contributed by atoms with E-state index in [1.54, 1.807) is 0 Å². The molecule has 2 aromatic rings. The second-order valence-electron chi connectivity index (χ2n) is 9.68. The van der Waals surface area contributed by atoms with Crippen molar-refractivity contribution in [3.63, 3.8) is 0 Å². The van der Waals surface area contributed by atoms with Gasteiger partial charge in [0.1, 0.15) is 6.61 Å². The van der Waals surface area contributed by atoms with Crippen LogP contribution in [0.5, 0.6) is 0 Å². The molecular weight excluding hydrogens is 444 g/mol. The molecule has 2 aromatic carbocycles. The molecule has 2 amide bonds. The summed E-state index contributed by atoms with van der Waals surface area (Å²) < 4.78 is 5.58. The number of ether oxygens (including phenoxy) is 1. The lowest BCUT2D eigenvalue weighted by molar-refractivity contribution is -0.140. The lowest BCUT2D eigenvalue weighted by Crippen LogP contribution is -2.45. The van der Waals surface area contributed by atoms with E-state index in [0.29, 0.717) is 25.9 Å². The number of carboxylic acids is 1. The van der Waals surface area contributed by atoms with Crippen molar-refractivity contribution in [3.8, 4) is 11.1 Å². The van der Waals surface area contributed by atoms with Crippen molar-refractivity contribution in [3.05, 3.63) is 59.7 Å². The minimum atomic E-state index is -0.830. The third-order valence-corrected chi connectivity index (χ3v) is 7.10. The first-order chi connectivity index (χ1) is 16.9. The number of likely N-dealkylation sites (tertiary alicyclic amines) is 1. The van der Waals surface area contributed by atoms with E-state index in [1.165, 1.54) is 22.3 Å². The van der Waals surface area contributed by atoms with Gasteiger partial charge in [0.2, 0.25) is 5.91 Å². The Morgan fingerprint density at radius 1 is 1.06 bits per heavy atom. The molecule has 0 bridgehead atoms. The molecule has 1 fully saturated rings. The number of benzene rings is 2. The number of carbonyl (C=O) groups is 3. The highest BCUT2D eigenvalue weighted by molar-refractivity contribution is 5.79. The molecule has 35 heavy (non-hydrogen) atoms. The minimum Gasteiger partial charge on any atom is -0.481 e. The highest BCUT2D eigenvalue weighted by Gasteiger charge is 2.30. The predicted octanol–water partition coefficient (Wildman–Crippen LogP) is 4.80. The van der Waals surface area contributed by atoms with Gasteiger partial charge in [-0.3, -0.25) is 9.59 Å². The van der Waals surface area contributed by atoms with Crippen LogP contribution in [-0.2, 0) is 14.3 Å². The van der Waals surface area contributed by atoms with Crippen LogP contribution in [0.2, 0.25) is 0 Å². The summed E-state index contributed by atoms with van der Waals surface area (Å²) in [6.45, 7) is 3.20. The number of rotatable bonds is 9. The first-order valence-electron chi connectivity index (χ1n) is 12.5. The Kier molecular flexibility index (Phi) is 8.06. The Hall–Kier alpha value is -3.35. The fraction of sp³-hybridized carbons (Fsp3) is 0.464. The summed E-state index contributed by atoms with van der Waals surface area (Å²) in [7, 11) is 0.